The number of ether oxygens (including phenoxy) is 1. The van der Waals surface area contributed by atoms with E-state index < -0.39 is 0 Å². The van der Waals surface area contributed by atoms with Crippen LogP contribution in [0.1, 0.15) is 6.42 Å². The highest BCUT2D eigenvalue weighted by molar-refractivity contribution is 8.03. The van der Waals surface area contributed by atoms with Crippen molar-refractivity contribution in [2.75, 3.05) is 0 Å². The van der Waals surface area contributed by atoms with Crippen LogP contribution in [-0.2, 0) is 0 Å². The van der Waals surface area contributed by atoms with Crippen molar-refractivity contribution in [2.24, 2.45) is 0 Å². The molecular formula is C11H8OS. The Morgan fingerprint density at radius 1 is 1.23 bits per heavy atom. The predicted octanol–water partition coefficient (Wildman–Crippen LogP) is 3.34. The summed E-state index contributed by atoms with van der Waals surface area (Å²) in [5.74, 6) is 2.10. The Balaban J connectivity index is 2.07. The fraction of sp³-hybridized carbons (Fsp3) is 0.0909. The first-order chi connectivity index (χ1) is 6.43. The molecule has 1 nitrogen and oxygen atoms in total. The van der Waals surface area contributed by atoms with E-state index in [0.717, 1.165) is 17.9 Å². The topological polar surface area (TPSA) is 9.23 Å². The van der Waals surface area contributed by atoms with Crippen LogP contribution in [0.3, 0.4) is 0 Å². The molecule has 1 aliphatic carbocycles. The van der Waals surface area contributed by atoms with Crippen molar-refractivity contribution in [3.05, 3.63) is 47.1 Å². The van der Waals surface area contributed by atoms with Crippen LogP contribution in [0.4, 0.5) is 0 Å². The Morgan fingerprint density at radius 2 is 2.15 bits per heavy atom. The van der Waals surface area contributed by atoms with Gasteiger partial charge in [-0.1, -0.05) is 30.0 Å². The van der Waals surface area contributed by atoms with Crippen LogP contribution >= 0.6 is 11.8 Å². The number of allylic oxidation sites excluding steroid dienone is 2. The van der Waals surface area contributed by atoms with Gasteiger partial charge in [-0.25, -0.2) is 0 Å². The highest BCUT2D eigenvalue weighted by atomic mass is 32.2. The number of hydrogen-bond acceptors (Lipinski definition) is 2. The third-order valence-corrected chi connectivity index (χ3v) is 3.29. The maximum absolute atomic E-state index is 5.75. The molecule has 0 saturated carbocycles. The summed E-state index contributed by atoms with van der Waals surface area (Å²) >= 11 is 1.80. The second kappa shape index (κ2) is 2.67. The molecule has 64 valence electrons. The van der Waals surface area contributed by atoms with Gasteiger partial charge in [-0.2, -0.15) is 0 Å². The molecule has 0 N–H and O–H groups in total. The molecule has 0 unspecified atom stereocenters. The second-order valence-corrected chi connectivity index (χ2v) is 4.13. The standard InChI is InChI=1S/C11H8OS/c1-2-6-10-8(4-1)12-9-5-3-7-11(9)13-10/h1-4,6-7H,5H2. The normalized spacial score (nSPS) is 18.2. The van der Waals surface area contributed by atoms with E-state index in [1.165, 1.54) is 9.80 Å². The molecule has 0 fully saturated rings. The summed E-state index contributed by atoms with van der Waals surface area (Å²) in [6, 6.07) is 8.16. The Kier molecular flexibility index (Phi) is 1.49. The van der Waals surface area contributed by atoms with E-state index in [-0.39, 0.29) is 0 Å². The van der Waals surface area contributed by atoms with Gasteiger partial charge in [0.1, 0.15) is 11.5 Å². The molecule has 13 heavy (non-hydrogen) atoms. The maximum atomic E-state index is 5.75. The fourth-order valence-electron chi connectivity index (χ4n) is 1.52. The molecule has 0 amide bonds. The monoisotopic (exact) mass is 188 g/mol. The van der Waals surface area contributed by atoms with Crippen molar-refractivity contribution >= 4 is 11.8 Å². The minimum absolute atomic E-state index is 0.941. The molecule has 2 heteroatoms. The third kappa shape index (κ3) is 1.10. The largest absolute Gasteiger partial charge is 0.459 e. The highest BCUT2D eigenvalue weighted by Gasteiger charge is 2.20. The number of rotatable bonds is 0. The quantitative estimate of drug-likeness (QED) is 0.617. The molecule has 0 atom stereocenters. The first-order valence-electron chi connectivity index (χ1n) is 4.28. The minimum atomic E-state index is 0.941. The van der Waals surface area contributed by atoms with E-state index in [9.17, 15) is 0 Å². The van der Waals surface area contributed by atoms with Crippen molar-refractivity contribution in [1.82, 2.24) is 0 Å². The van der Waals surface area contributed by atoms with Crippen LogP contribution in [0.25, 0.3) is 0 Å². The predicted molar refractivity (Wildman–Crippen MR) is 53.7 cm³/mol. The Hall–Kier alpha value is -1.15. The summed E-state index contributed by atoms with van der Waals surface area (Å²) in [7, 11) is 0. The number of para-hydroxylation sites is 1. The molecule has 1 heterocycles. The molecule has 0 radical (unpaired) electrons. The number of hydrogen-bond donors (Lipinski definition) is 0. The van der Waals surface area contributed by atoms with E-state index in [0.29, 0.717) is 0 Å². The number of benzene rings is 1. The van der Waals surface area contributed by atoms with Crippen LogP contribution in [0.2, 0.25) is 0 Å². The SMILES string of the molecule is C1=CC2=C(C1)Oc1ccccc1S2. The van der Waals surface area contributed by atoms with Crippen LogP contribution in [-0.4, -0.2) is 0 Å². The van der Waals surface area contributed by atoms with Gasteiger partial charge in [0, 0.05) is 6.42 Å². The van der Waals surface area contributed by atoms with Crippen molar-refractivity contribution in [2.45, 2.75) is 11.3 Å². The van der Waals surface area contributed by atoms with Gasteiger partial charge in [0.15, 0.2) is 0 Å². The first-order valence-corrected chi connectivity index (χ1v) is 5.09. The lowest BCUT2D eigenvalue weighted by Gasteiger charge is -2.17. The molecule has 1 aromatic carbocycles. The van der Waals surface area contributed by atoms with Crippen LogP contribution in [0, 0.1) is 0 Å². The summed E-state index contributed by atoms with van der Waals surface area (Å²) in [5.41, 5.74) is 0. The lowest BCUT2D eigenvalue weighted by Crippen LogP contribution is -1.99. The summed E-state index contributed by atoms with van der Waals surface area (Å²) in [6.07, 6.45) is 5.22. The summed E-state index contributed by atoms with van der Waals surface area (Å²) in [4.78, 5) is 2.48. The van der Waals surface area contributed by atoms with Crippen molar-refractivity contribution in [3.63, 3.8) is 0 Å². The van der Waals surface area contributed by atoms with Gasteiger partial charge < -0.3 is 4.74 Å². The van der Waals surface area contributed by atoms with Crippen molar-refractivity contribution in [3.8, 4) is 5.75 Å². The molecule has 0 spiro atoms. The smallest absolute Gasteiger partial charge is 0.140 e. The Morgan fingerprint density at radius 3 is 3.15 bits per heavy atom. The molecule has 0 aromatic heterocycles. The molecule has 0 saturated heterocycles. The van der Waals surface area contributed by atoms with Gasteiger partial charge in [-0.15, -0.1) is 0 Å². The van der Waals surface area contributed by atoms with E-state index in [1.807, 2.05) is 18.2 Å². The minimum Gasteiger partial charge on any atom is -0.459 e. The Labute approximate surface area is 81.1 Å². The van der Waals surface area contributed by atoms with Crippen LogP contribution in [0.15, 0.2) is 52.0 Å². The molecule has 3 rings (SSSR count). The lowest BCUT2D eigenvalue weighted by atomic mass is 10.3. The fourth-order valence-corrected chi connectivity index (χ4v) is 2.52. The zero-order valence-corrected chi connectivity index (χ0v) is 7.80. The van der Waals surface area contributed by atoms with Gasteiger partial charge in [0.05, 0.1) is 9.80 Å². The van der Waals surface area contributed by atoms with Gasteiger partial charge in [-0.3, -0.25) is 0 Å². The summed E-state index contributed by atoms with van der Waals surface area (Å²) in [5, 5.41) is 0. The first kappa shape index (κ1) is 7.27. The molecule has 0 bridgehead atoms. The van der Waals surface area contributed by atoms with Crippen LogP contribution < -0.4 is 4.74 Å². The third-order valence-electron chi connectivity index (χ3n) is 2.15. The average molecular weight is 188 g/mol. The summed E-state index contributed by atoms with van der Waals surface area (Å²) in [6.45, 7) is 0. The summed E-state index contributed by atoms with van der Waals surface area (Å²) < 4.78 is 5.75. The lowest BCUT2D eigenvalue weighted by molar-refractivity contribution is 0.405. The van der Waals surface area contributed by atoms with Crippen molar-refractivity contribution < 1.29 is 4.74 Å². The van der Waals surface area contributed by atoms with Crippen LogP contribution in [0.5, 0.6) is 5.75 Å². The van der Waals surface area contributed by atoms with Gasteiger partial charge in [-0.05, 0) is 18.2 Å². The molecule has 2 aliphatic rings. The molecular weight excluding hydrogens is 180 g/mol. The zero-order chi connectivity index (χ0) is 8.67. The van der Waals surface area contributed by atoms with E-state index in [1.54, 1.807) is 11.8 Å². The van der Waals surface area contributed by atoms with Gasteiger partial charge in [0.2, 0.25) is 0 Å². The van der Waals surface area contributed by atoms with E-state index >= 15 is 0 Å². The van der Waals surface area contributed by atoms with Gasteiger partial charge in [0.25, 0.3) is 0 Å². The van der Waals surface area contributed by atoms with Gasteiger partial charge >= 0.3 is 0 Å². The van der Waals surface area contributed by atoms with E-state index in [4.69, 9.17) is 4.74 Å². The maximum Gasteiger partial charge on any atom is 0.140 e. The Bertz CT molecular complexity index is 418. The number of fused-ring (bicyclic) bond motifs is 1. The van der Waals surface area contributed by atoms with Crippen molar-refractivity contribution in [1.29, 1.82) is 0 Å². The average Bonchev–Trinajstić information content (AvgIpc) is 2.61. The zero-order valence-electron chi connectivity index (χ0n) is 6.99. The highest BCUT2D eigenvalue weighted by Crippen LogP contribution is 2.44. The molecule has 1 aromatic rings. The second-order valence-electron chi connectivity index (χ2n) is 3.04. The van der Waals surface area contributed by atoms with E-state index in [2.05, 4.69) is 18.2 Å². The number of thioether (sulfide) groups is 1. The molecule has 1 aliphatic heterocycles.